The molecule has 0 spiro atoms. The van der Waals surface area contributed by atoms with Crippen LogP contribution in [0.5, 0.6) is 0 Å². The van der Waals surface area contributed by atoms with Crippen LogP contribution in [0, 0.1) is 11.7 Å². The van der Waals surface area contributed by atoms with Gasteiger partial charge >= 0.3 is 6.09 Å². The number of nitrogens with zero attached hydrogens (tertiary/aromatic N) is 2. The molecule has 2 aromatic carbocycles. The lowest BCUT2D eigenvalue weighted by Gasteiger charge is -2.36. The Morgan fingerprint density at radius 2 is 1.82 bits per heavy atom. The number of carbonyl (C=O) groups is 4. The van der Waals surface area contributed by atoms with Crippen molar-refractivity contribution in [2.75, 3.05) is 11.9 Å². The number of primary amides is 1. The highest BCUT2D eigenvalue weighted by Gasteiger charge is 2.52. The lowest BCUT2D eigenvalue weighted by atomic mass is 9.96. The topological polar surface area (TPSA) is 122 Å². The molecule has 4 atom stereocenters. The third kappa shape index (κ3) is 5.26. The summed E-state index contributed by atoms with van der Waals surface area (Å²) >= 11 is 0. The molecule has 1 aliphatic carbocycles. The number of hydrogen-bond acceptors (Lipinski definition) is 5. The molecule has 5 rings (SSSR count). The van der Waals surface area contributed by atoms with E-state index >= 15 is 4.39 Å². The molecule has 2 aliphatic heterocycles. The summed E-state index contributed by atoms with van der Waals surface area (Å²) in [6, 6.07) is 8.21. The Morgan fingerprint density at radius 1 is 1.12 bits per heavy atom. The number of benzene rings is 2. The quantitative estimate of drug-likeness (QED) is 0.572. The lowest BCUT2D eigenvalue weighted by Crippen LogP contribution is -2.57. The van der Waals surface area contributed by atoms with Crippen LogP contribution in [-0.2, 0) is 32.0 Å². The number of fused-ring (bicyclic) bond motifs is 3. The molecule has 1 saturated carbocycles. The maximum atomic E-state index is 15.3. The van der Waals surface area contributed by atoms with E-state index in [1.165, 1.54) is 11.0 Å². The predicted molar refractivity (Wildman–Crippen MR) is 147 cm³/mol. The maximum absolute atomic E-state index is 15.3. The van der Waals surface area contributed by atoms with Gasteiger partial charge in [-0.15, -0.1) is 0 Å². The zero-order valence-electron chi connectivity index (χ0n) is 23.2. The lowest BCUT2D eigenvalue weighted by molar-refractivity contribution is -0.132. The average Bonchev–Trinajstić information content (AvgIpc) is 3.57. The van der Waals surface area contributed by atoms with Gasteiger partial charge in [-0.05, 0) is 80.3 Å². The van der Waals surface area contributed by atoms with Gasteiger partial charge in [0.05, 0.1) is 6.42 Å². The summed E-state index contributed by atoms with van der Waals surface area (Å²) in [7, 11) is 1.71. The average molecular weight is 551 g/mol. The van der Waals surface area contributed by atoms with E-state index in [2.05, 4.69) is 5.32 Å². The van der Waals surface area contributed by atoms with E-state index in [9.17, 15) is 19.2 Å². The number of carbonyl (C=O) groups excluding carboxylic acids is 4. The number of amides is 4. The number of ether oxygens (including phenoxy) is 1. The van der Waals surface area contributed by atoms with E-state index in [1.54, 1.807) is 44.9 Å². The summed E-state index contributed by atoms with van der Waals surface area (Å²) in [6.07, 6.45) is 1.94. The summed E-state index contributed by atoms with van der Waals surface area (Å²) < 4.78 is 20.8. The van der Waals surface area contributed by atoms with Crippen LogP contribution in [0.15, 0.2) is 36.4 Å². The zero-order chi connectivity index (χ0) is 28.9. The van der Waals surface area contributed by atoms with E-state index < -0.39 is 41.4 Å². The van der Waals surface area contributed by atoms with Gasteiger partial charge in [0.1, 0.15) is 23.5 Å². The summed E-state index contributed by atoms with van der Waals surface area (Å²) in [5.41, 5.74) is 8.22. The Bertz CT molecular complexity index is 1390. The molecule has 2 aromatic rings. The van der Waals surface area contributed by atoms with E-state index in [1.807, 2.05) is 18.2 Å². The third-order valence-electron chi connectivity index (χ3n) is 8.09. The van der Waals surface area contributed by atoms with Crippen molar-refractivity contribution in [3.8, 4) is 11.1 Å². The van der Waals surface area contributed by atoms with Crippen molar-refractivity contribution < 1.29 is 28.3 Å². The molecule has 2 bridgehead atoms. The molecule has 1 saturated heterocycles. The largest absolute Gasteiger partial charge is 0.444 e. The second-order valence-electron chi connectivity index (χ2n) is 12.0. The van der Waals surface area contributed by atoms with Crippen molar-refractivity contribution in [2.45, 2.75) is 76.6 Å². The van der Waals surface area contributed by atoms with Gasteiger partial charge in [-0.2, -0.15) is 0 Å². The predicted octanol–water partition coefficient (Wildman–Crippen LogP) is 3.31. The maximum Gasteiger partial charge on any atom is 0.411 e. The number of halogens is 1. The van der Waals surface area contributed by atoms with E-state index in [4.69, 9.17) is 10.5 Å². The second-order valence-corrected chi connectivity index (χ2v) is 12.0. The summed E-state index contributed by atoms with van der Waals surface area (Å²) in [4.78, 5) is 53.7. The minimum absolute atomic E-state index is 0.00728. The molecule has 9 nitrogen and oxygen atoms in total. The first-order chi connectivity index (χ1) is 18.8. The molecule has 2 fully saturated rings. The number of likely N-dealkylation sites (tertiary alicyclic amines) is 1. The molecule has 0 unspecified atom stereocenters. The normalized spacial score (nSPS) is 22.3. The summed E-state index contributed by atoms with van der Waals surface area (Å²) in [6.45, 7) is 5.29. The number of likely N-dealkylation sites (N-methyl/N-ethyl adjacent to an activating group) is 1. The van der Waals surface area contributed by atoms with E-state index in [0.29, 0.717) is 18.4 Å². The number of anilines is 1. The van der Waals surface area contributed by atoms with Crippen molar-refractivity contribution >= 4 is 29.5 Å². The van der Waals surface area contributed by atoms with Gasteiger partial charge in [-0.1, -0.05) is 24.3 Å². The van der Waals surface area contributed by atoms with E-state index in [-0.39, 0.29) is 29.9 Å². The highest BCUT2D eigenvalue weighted by Crippen LogP contribution is 2.43. The van der Waals surface area contributed by atoms with Gasteiger partial charge in [0, 0.05) is 25.2 Å². The minimum Gasteiger partial charge on any atom is -0.444 e. The number of rotatable bonds is 6. The van der Waals surface area contributed by atoms with Crippen LogP contribution in [0.3, 0.4) is 0 Å². The fraction of sp³-hybridized carbons (Fsp3) is 0.467. The molecule has 4 amide bonds. The molecule has 212 valence electrons. The first-order valence-corrected chi connectivity index (χ1v) is 13.6. The van der Waals surface area contributed by atoms with Crippen molar-refractivity contribution in [2.24, 2.45) is 11.7 Å². The Balaban J connectivity index is 1.31. The summed E-state index contributed by atoms with van der Waals surface area (Å²) in [5.74, 6) is -1.86. The number of hydrogen-bond donors (Lipinski definition) is 2. The fourth-order valence-electron chi connectivity index (χ4n) is 6.12. The molecule has 2 heterocycles. The molecular weight excluding hydrogens is 515 g/mol. The highest BCUT2D eigenvalue weighted by molar-refractivity contribution is 6.01. The van der Waals surface area contributed by atoms with Crippen LogP contribution in [0.4, 0.5) is 14.9 Å². The zero-order valence-corrected chi connectivity index (χ0v) is 23.2. The van der Waals surface area contributed by atoms with E-state index in [0.717, 1.165) is 29.7 Å². The fourth-order valence-corrected chi connectivity index (χ4v) is 6.12. The molecule has 3 aliphatic rings. The standard InChI is InChI=1S/C30H35FN4O5/c1-30(2,3)40-29(39)35-21-10-9-20(11-21)26(35)28(38)33-23(27(32)37)13-18-7-5-16(12-22(18)31)17-6-8-19-15-25(36)34(4)24(19)14-17/h5-8,12,14,20-21,23,26H,9-11,13,15H2,1-4H3,(H2,32,37)(H,33,38)/t20-,21+,23-,26-/m0/s1. The van der Waals surface area contributed by atoms with Crippen molar-refractivity contribution in [1.29, 1.82) is 0 Å². The van der Waals surface area contributed by atoms with Crippen LogP contribution in [0.25, 0.3) is 11.1 Å². The highest BCUT2D eigenvalue weighted by atomic mass is 19.1. The van der Waals surface area contributed by atoms with Crippen LogP contribution in [-0.4, -0.2) is 59.5 Å². The monoisotopic (exact) mass is 550 g/mol. The van der Waals surface area contributed by atoms with Crippen LogP contribution in [0.2, 0.25) is 0 Å². The van der Waals surface area contributed by atoms with Gasteiger partial charge in [0.2, 0.25) is 17.7 Å². The molecule has 3 N–H and O–H groups in total. The Kier molecular flexibility index (Phi) is 7.06. The Hall–Kier alpha value is -3.95. The third-order valence-corrected chi connectivity index (χ3v) is 8.09. The first-order valence-electron chi connectivity index (χ1n) is 13.6. The van der Waals surface area contributed by atoms with Crippen LogP contribution in [0.1, 0.15) is 51.2 Å². The van der Waals surface area contributed by atoms with Crippen molar-refractivity contribution in [3.63, 3.8) is 0 Å². The minimum atomic E-state index is -1.16. The summed E-state index contributed by atoms with van der Waals surface area (Å²) in [5, 5.41) is 2.68. The van der Waals surface area contributed by atoms with Gasteiger partial charge in [0.25, 0.3) is 0 Å². The number of nitrogens with two attached hydrogens (primary N) is 1. The molecule has 40 heavy (non-hydrogen) atoms. The van der Waals surface area contributed by atoms with Gasteiger partial charge in [0.15, 0.2) is 0 Å². The van der Waals surface area contributed by atoms with Gasteiger partial charge < -0.3 is 20.7 Å². The van der Waals surface area contributed by atoms with Gasteiger partial charge in [-0.25, -0.2) is 9.18 Å². The van der Waals surface area contributed by atoms with Crippen molar-refractivity contribution in [3.05, 3.63) is 53.3 Å². The molecule has 10 heteroatoms. The van der Waals surface area contributed by atoms with Crippen LogP contribution >= 0.6 is 0 Å². The molecule has 0 radical (unpaired) electrons. The number of nitrogens with one attached hydrogen (secondary N) is 1. The van der Waals surface area contributed by atoms with Crippen LogP contribution < -0.4 is 16.0 Å². The smallest absolute Gasteiger partial charge is 0.411 e. The first kappa shape index (κ1) is 27.6. The van der Waals surface area contributed by atoms with Crippen molar-refractivity contribution in [1.82, 2.24) is 10.2 Å². The Labute approximate surface area is 232 Å². The molecular formula is C30H35FN4O5. The second kappa shape index (κ2) is 10.2. The molecule has 0 aromatic heterocycles. The Morgan fingerprint density at radius 3 is 2.50 bits per heavy atom. The SMILES string of the molecule is CN1C(=O)Cc2ccc(-c3ccc(C[C@H](NC(=O)[C@@H]4[C@H]5CC[C@H](C5)N4C(=O)OC(C)(C)C)C(N)=O)c(F)c3)cc21. The van der Waals surface area contributed by atoms with Gasteiger partial charge in [-0.3, -0.25) is 19.3 Å². The number of piperidine rings is 1.